The number of rotatable bonds is 3. The van der Waals surface area contributed by atoms with Crippen molar-refractivity contribution >= 4 is 12.0 Å². The quantitative estimate of drug-likeness (QED) is 0.499. The van der Waals surface area contributed by atoms with Gasteiger partial charge < -0.3 is 9.47 Å². The molecule has 1 heterocycles. The van der Waals surface area contributed by atoms with E-state index in [0.29, 0.717) is 0 Å². The molecule has 0 unspecified atom stereocenters. The number of alkyl halides is 3. The van der Waals surface area contributed by atoms with Crippen LogP contribution in [-0.4, -0.2) is 29.5 Å². The molecule has 156 valence electrons. The van der Waals surface area contributed by atoms with E-state index in [1.54, 1.807) is 20.8 Å². The van der Waals surface area contributed by atoms with Crippen LogP contribution in [0, 0.1) is 17.6 Å². The molecule has 1 aromatic rings. The molecule has 1 fully saturated rings. The third-order valence-electron chi connectivity index (χ3n) is 5.04. The van der Waals surface area contributed by atoms with Gasteiger partial charge in [0.2, 0.25) is 0 Å². The van der Waals surface area contributed by atoms with Crippen LogP contribution in [0.1, 0.15) is 51.7 Å². The highest BCUT2D eigenvalue weighted by Crippen LogP contribution is 2.54. The minimum Gasteiger partial charge on any atom is -0.458 e. The lowest BCUT2D eigenvalue weighted by molar-refractivity contribution is -0.274. The fourth-order valence-corrected chi connectivity index (χ4v) is 3.44. The number of esters is 1. The van der Waals surface area contributed by atoms with E-state index >= 15 is 0 Å². The Balaban J connectivity index is 2.65. The number of ether oxygens (including phenoxy) is 2. The van der Waals surface area contributed by atoms with Crippen molar-refractivity contribution in [2.24, 2.45) is 5.92 Å². The summed E-state index contributed by atoms with van der Waals surface area (Å²) in [5, 5.41) is 0. The van der Waals surface area contributed by atoms with Crippen molar-refractivity contribution in [3.8, 4) is 0 Å². The lowest BCUT2D eigenvalue weighted by atomic mass is 9.76. The Morgan fingerprint density at radius 2 is 1.82 bits per heavy atom. The Labute approximate surface area is 160 Å². The highest BCUT2D eigenvalue weighted by molar-refractivity contribution is 5.78. The first kappa shape index (κ1) is 22.3. The Morgan fingerprint density at radius 1 is 1.25 bits per heavy atom. The molecule has 0 bridgehead atoms. The fourth-order valence-electron chi connectivity index (χ4n) is 3.44. The summed E-state index contributed by atoms with van der Waals surface area (Å²) in [6.45, 7) is 10.2. The van der Waals surface area contributed by atoms with Crippen molar-refractivity contribution < 1.29 is 36.2 Å². The first-order chi connectivity index (χ1) is 12.6. The third kappa shape index (κ3) is 3.79. The van der Waals surface area contributed by atoms with Gasteiger partial charge in [0.05, 0.1) is 0 Å². The maximum atomic E-state index is 14.2. The number of hydrogen-bond acceptors (Lipinski definition) is 3. The topological polar surface area (TPSA) is 35.5 Å². The zero-order chi connectivity index (χ0) is 21.7. The van der Waals surface area contributed by atoms with Gasteiger partial charge >= 0.3 is 12.1 Å². The summed E-state index contributed by atoms with van der Waals surface area (Å²) < 4.78 is 79.6. The summed E-state index contributed by atoms with van der Waals surface area (Å²) in [6.07, 6.45) is -5.44. The van der Waals surface area contributed by atoms with E-state index in [1.807, 2.05) is 0 Å². The average molecular weight is 406 g/mol. The van der Waals surface area contributed by atoms with Crippen LogP contribution in [0.4, 0.5) is 22.0 Å². The van der Waals surface area contributed by atoms with E-state index in [1.165, 1.54) is 6.92 Å². The number of hydrogen-bond donors (Lipinski definition) is 0. The van der Waals surface area contributed by atoms with Gasteiger partial charge in [0, 0.05) is 17.4 Å². The first-order valence-electron chi connectivity index (χ1n) is 8.71. The van der Waals surface area contributed by atoms with Crippen LogP contribution in [0.25, 0.3) is 6.08 Å². The summed E-state index contributed by atoms with van der Waals surface area (Å²) >= 11 is 0. The maximum absolute atomic E-state index is 14.2. The van der Waals surface area contributed by atoms with E-state index in [-0.39, 0.29) is 11.1 Å². The summed E-state index contributed by atoms with van der Waals surface area (Å²) in [4.78, 5) is 12.6. The lowest BCUT2D eigenvalue weighted by Gasteiger charge is -2.32. The summed E-state index contributed by atoms with van der Waals surface area (Å²) in [5.41, 5.74) is -3.95. The number of benzene rings is 1. The molecule has 28 heavy (non-hydrogen) atoms. The monoisotopic (exact) mass is 406 g/mol. The molecule has 0 amide bonds. The highest BCUT2D eigenvalue weighted by atomic mass is 19.4. The zero-order valence-electron chi connectivity index (χ0n) is 16.3. The molecule has 0 aliphatic carbocycles. The molecule has 4 atom stereocenters. The van der Waals surface area contributed by atoms with E-state index in [4.69, 9.17) is 9.47 Å². The summed E-state index contributed by atoms with van der Waals surface area (Å²) in [5.74, 6) is -5.92. The van der Waals surface area contributed by atoms with Crippen LogP contribution >= 0.6 is 0 Å². The van der Waals surface area contributed by atoms with Gasteiger partial charge in [-0.1, -0.05) is 25.6 Å². The molecule has 1 aliphatic rings. The number of halogens is 5. The predicted octanol–water partition coefficient (Wildman–Crippen LogP) is 5.39. The van der Waals surface area contributed by atoms with Gasteiger partial charge in [0.1, 0.15) is 5.60 Å². The second-order valence-electron chi connectivity index (χ2n) is 8.06. The molecule has 8 heteroatoms. The minimum absolute atomic E-state index is 0.00485. The smallest absolute Gasteiger partial charge is 0.417 e. The van der Waals surface area contributed by atoms with Crippen molar-refractivity contribution in [1.29, 1.82) is 0 Å². The molecule has 2 rings (SSSR count). The van der Waals surface area contributed by atoms with Gasteiger partial charge in [-0.15, -0.1) is 0 Å². The second-order valence-corrected chi connectivity index (χ2v) is 8.06. The lowest BCUT2D eigenvalue weighted by Crippen LogP contribution is -2.47. The molecular formula is C20H23F5O3. The SMILES string of the molecule is C=Cc1c([C@H]2[C@H](C(=O)OC(C)(C)C)O[C@@](C)(C(F)(F)F)[C@H]2C)ccc(F)c1F. The number of carbonyl (C=O) groups is 1. The molecule has 0 N–H and O–H groups in total. The van der Waals surface area contributed by atoms with Crippen LogP contribution in [0.2, 0.25) is 0 Å². The first-order valence-corrected chi connectivity index (χ1v) is 8.71. The van der Waals surface area contributed by atoms with E-state index in [9.17, 15) is 26.7 Å². The van der Waals surface area contributed by atoms with Crippen LogP contribution in [0.3, 0.4) is 0 Å². The molecule has 0 radical (unpaired) electrons. The van der Waals surface area contributed by atoms with Crippen molar-refractivity contribution in [3.05, 3.63) is 41.5 Å². The zero-order valence-corrected chi connectivity index (χ0v) is 16.3. The molecule has 1 aromatic carbocycles. The molecule has 0 aromatic heterocycles. The van der Waals surface area contributed by atoms with Crippen molar-refractivity contribution in [2.45, 2.75) is 64.0 Å². The Bertz CT molecular complexity index is 781. The Kier molecular flexibility index (Phi) is 5.69. The molecule has 1 saturated heterocycles. The van der Waals surface area contributed by atoms with Gasteiger partial charge in [-0.3, -0.25) is 0 Å². The third-order valence-corrected chi connectivity index (χ3v) is 5.04. The van der Waals surface area contributed by atoms with Crippen LogP contribution in [0.5, 0.6) is 0 Å². The molecule has 0 saturated carbocycles. The van der Waals surface area contributed by atoms with Crippen LogP contribution in [0.15, 0.2) is 18.7 Å². The molecule has 1 aliphatic heterocycles. The standard InChI is InChI=1S/C20H23F5O3/c1-7-11-12(8-9-13(21)15(11)22)14-10(2)19(6,20(23,24)25)27-16(14)17(26)28-18(3,4)5/h7-10,14,16H,1H2,2-6H3/t10-,14-,16+,19+/m0/s1. The van der Waals surface area contributed by atoms with Gasteiger partial charge in [0.25, 0.3) is 0 Å². The second kappa shape index (κ2) is 7.13. The highest BCUT2D eigenvalue weighted by Gasteiger charge is 2.66. The van der Waals surface area contributed by atoms with Crippen molar-refractivity contribution in [3.63, 3.8) is 0 Å². The van der Waals surface area contributed by atoms with E-state index in [0.717, 1.165) is 25.1 Å². The Hall–Kier alpha value is -1.96. The summed E-state index contributed by atoms with van der Waals surface area (Å²) in [7, 11) is 0. The largest absolute Gasteiger partial charge is 0.458 e. The van der Waals surface area contributed by atoms with Gasteiger partial charge in [-0.05, 0) is 39.3 Å². The van der Waals surface area contributed by atoms with Crippen molar-refractivity contribution in [2.75, 3.05) is 0 Å². The normalized spacial score (nSPS) is 28.3. The van der Waals surface area contributed by atoms with Gasteiger partial charge in [0.15, 0.2) is 23.3 Å². The number of carbonyl (C=O) groups excluding carboxylic acids is 1. The predicted molar refractivity (Wildman–Crippen MR) is 93.5 cm³/mol. The van der Waals surface area contributed by atoms with E-state index < -0.39 is 52.9 Å². The minimum atomic E-state index is -4.80. The molecule has 0 spiro atoms. The molecule has 3 nitrogen and oxygen atoms in total. The maximum Gasteiger partial charge on any atom is 0.417 e. The van der Waals surface area contributed by atoms with Crippen molar-refractivity contribution in [1.82, 2.24) is 0 Å². The van der Waals surface area contributed by atoms with E-state index in [2.05, 4.69) is 6.58 Å². The van der Waals surface area contributed by atoms with Crippen LogP contribution < -0.4 is 0 Å². The van der Waals surface area contributed by atoms with Gasteiger partial charge in [-0.2, -0.15) is 13.2 Å². The average Bonchev–Trinajstić information content (AvgIpc) is 2.81. The van der Waals surface area contributed by atoms with Crippen LogP contribution in [-0.2, 0) is 14.3 Å². The fraction of sp³-hybridized carbons (Fsp3) is 0.550. The Morgan fingerprint density at radius 3 is 2.29 bits per heavy atom. The van der Waals surface area contributed by atoms with Gasteiger partial charge in [-0.25, -0.2) is 13.6 Å². The summed E-state index contributed by atoms with van der Waals surface area (Å²) in [6, 6.07) is 1.96. The molecular weight excluding hydrogens is 383 g/mol.